The number of hydrogen-bond acceptors (Lipinski definition) is 6. The second-order valence-electron chi connectivity index (χ2n) is 2.51. The second kappa shape index (κ2) is 298. The highest BCUT2D eigenvalue weighted by atomic mass is 16.3. The lowest BCUT2D eigenvalue weighted by Crippen LogP contribution is -2.03. The number of hydrogen-bond donors (Lipinski definition) is 6. The molecule has 0 amide bonds. The highest BCUT2D eigenvalue weighted by Gasteiger charge is 1.83. The molecule has 0 aliphatic carbocycles. The fourth-order valence-corrected chi connectivity index (χ4v) is 0. The molecule has 0 saturated carbocycles. The van der Waals surface area contributed by atoms with Crippen molar-refractivity contribution in [2.45, 2.75) is 26.1 Å². The van der Waals surface area contributed by atoms with Crippen molar-refractivity contribution in [2.75, 3.05) is 26.4 Å². The smallest absolute Gasteiger partial charge is 0.0742 e. The lowest BCUT2D eigenvalue weighted by Gasteiger charge is -1.90. The molecule has 0 fully saturated rings. The van der Waals surface area contributed by atoms with E-state index in [1.165, 1.54) is 13.8 Å². The first kappa shape index (κ1) is 70.8. The highest BCUT2D eigenvalue weighted by Crippen LogP contribution is 1.69. The molecule has 0 aliphatic heterocycles. The van der Waals surface area contributed by atoms with Crippen LogP contribution in [0.15, 0.2) is 105 Å². The van der Waals surface area contributed by atoms with Gasteiger partial charge in [-0.25, -0.2) is 0 Å². The summed E-state index contributed by atoms with van der Waals surface area (Å²) < 4.78 is 0. The van der Waals surface area contributed by atoms with Gasteiger partial charge in [0.1, 0.15) is 0 Å². The lowest BCUT2D eigenvalue weighted by molar-refractivity contribution is 0.110. The van der Waals surface area contributed by atoms with Crippen molar-refractivity contribution >= 4 is 0 Å². The van der Waals surface area contributed by atoms with Crippen LogP contribution in [-0.4, -0.2) is 69.3 Å². The van der Waals surface area contributed by atoms with Crippen LogP contribution >= 0.6 is 0 Å². The standard InChI is InChI=1S/2C3H8O2.C2H6O2.8C2H4/c2*1-3(5)2-4;3-1-2-4;8*1-2/h2*3-5H,2H2,1H3;3-4H,1-2H2;8*1-2H2. The van der Waals surface area contributed by atoms with Gasteiger partial charge in [0.15, 0.2) is 0 Å². The van der Waals surface area contributed by atoms with E-state index in [2.05, 4.69) is 105 Å². The van der Waals surface area contributed by atoms with Crippen molar-refractivity contribution in [2.24, 2.45) is 0 Å². The summed E-state index contributed by atoms with van der Waals surface area (Å²) in [6, 6.07) is 0. The Labute approximate surface area is 188 Å². The van der Waals surface area contributed by atoms with Crippen LogP contribution in [0.3, 0.4) is 0 Å². The minimum atomic E-state index is -0.560. The summed E-state index contributed by atoms with van der Waals surface area (Å²) in [5.41, 5.74) is 0. The van der Waals surface area contributed by atoms with Crippen LogP contribution in [0.1, 0.15) is 13.8 Å². The minimum Gasteiger partial charge on any atom is -0.394 e. The van der Waals surface area contributed by atoms with E-state index in [1.807, 2.05) is 0 Å². The molecule has 0 aromatic heterocycles. The fraction of sp³-hybridized carbons (Fsp3) is 0.333. The molecule has 0 radical (unpaired) electrons. The molecule has 0 aliphatic rings. The van der Waals surface area contributed by atoms with Gasteiger partial charge in [-0.1, -0.05) is 0 Å². The van der Waals surface area contributed by atoms with Crippen molar-refractivity contribution in [1.82, 2.24) is 0 Å². The molecule has 0 heterocycles. The molecule has 0 saturated heterocycles. The van der Waals surface area contributed by atoms with Gasteiger partial charge in [0.05, 0.1) is 38.6 Å². The van der Waals surface area contributed by atoms with Crippen molar-refractivity contribution < 1.29 is 30.6 Å². The van der Waals surface area contributed by atoms with E-state index in [0.29, 0.717) is 0 Å². The van der Waals surface area contributed by atoms with Gasteiger partial charge in [0, 0.05) is 0 Å². The van der Waals surface area contributed by atoms with Crippen LogP contribution in [0.2, 0.25) is 0 Å². The third kappa shape index (κ3) is 2180. The Hall–Kier alpha value is -2.32. The van der Waals surface area contributed by atoms with E-state index in [1.54, 1.807) is 0 Å². The lowest BCUT2D eigenvalue weighted by atomic mass is 10.5. The number of aliphatic hydroxyl groups is 6. The Balaban J connectivity index is -0.0000000152. The largest absolute Gasteiger partial charge is 0.394 e. The fourth-order valence-electron chi connectivity index (χ4n) is 0. The quantitative estimate of drug-likeness (QED) is 0.369. The van der Waals surface area contributed by atoms with Gasteiger partial charge in [-0.2, -0.15) is 0 Å². The summed E-state index contributed by atoms with van der Waals surface area (Å²) in [6.07, 6.45) is -1.12. The summed E-state index contributed by atoms with van der Waals surface area (Å²) in [5, 5.41) is 47.3. The Morgan fingerprint density at radius 3 is 0.467 bits per heavy atom. The molecule has 0 aromatic carbocycles. The van der Waals surface area contributed by atoms with E-state index in [4.69, 9.17) is 30.6 Å². The molecule has 30 heavy (non-hydrogen) atoms. The molecule has 6 N–H and O–H groups in total. The maximum atomic E-state index is 8.11. The third-order valence-corrected chi connectivity index (χ3v) is 0.628. The van der Waals surface area contributed by atoms with Crippen molar-refractivity contribution in [3.63, 3.8) is 0 Å². The molecule has 0 spiro atoms. The molecule has 0 bridgehead atoms. The Morgan fingerprint density at radius 2 is 0.467 bits per heavy atom. The molecule has 2 atom stereocenters. The monoisotopic (exact) mass is 438 g/mol. The summed E-state index contributed by atoms with van der Waals surface area (Å²) in [4.78, 5) is 0. The van der Waals surface area contributed by atoms with Crippen LogP contribution in [0, 0.1) is 0 Å². The Kier molecular flexibility index (Phi) is 704. The van der Waals surface area contributed by atoms with Gasteiger partial charge in [0.2, 0.25) is 0 Å². The number of rotatable bonds is 3. The van der Waals surface area contributed by atoms with Gasteiger partial charge < -0.3 is 30.6 Å². The molecule has 6 nitrogen and oxygen atoms in total. The van der Waals surface area contributed by atoms with Gasteiger partial charge in [-0.05, 0) is 13.8 Å². The zero-order valence-corrected chi connectivity index (χ0v) is 20.0. The molecule has 2 unspecified atom stereocenters. The zero-order valence-electron chi connectivity index (χ0n) is 20.0. The summed E-state index contributed by atoms with van der Waals surface area (Å²) >= 11 is 0. The molecular formula is C24H54O6. The van der Waals surface area contributed by atoms with E-state index in [9.17, 15) is 0 Å². The molecule has 0 rings (SSSR count). The van der Waals surface area contributed by atoms with Gasteiger partial charge in [-0.15, -0.1) is 105 Å². The number of aliphatic hydroxyl groups excluding tert-OH is 6. The summed E-state index contributed by atoms with van der Waals surface area (Å²) in [6.45, 7) is 50.5. The van der Waals surface area contributed by atoms with E-state index in [0.717, 1.165) is 0 Å². The average Bonchev–Trinajstić information content (AvgIpc) is 2.89. The maximum Gasteiger partial charge on any atom is 0.0742 e. The van der Waals surface area contributed by atoms with Gasteiger partial charge >= 0.3 is 0 Å². The molecule has 6 heteroatoms. The molecule has 186 valence electrons. The first-order valence-corrected chi connectivity index (χ1v) is 8.25. The first-order valence-electron chi connectivity index (χ1n) is 8.25. The average molecular weight is 439 g/mol. The first-order chi connectivity index (χ1) is 14.5. The maximum absolute atomic E-state index is 8.11. The van der Waals surface area contributed by atoms with Gasteiger partial charge in [-0.3, -0.25) is 0 Å². The summed E-state index contributed by atoms with van der Waals surface area (Å²) in [5.74, 6) is 0. The third-order valence-electron chi connectivity index (χ3n) is 0.628. The van der Waals surface area contributed by atoms with Crippen molar-refractivity contribution in [1.29, 1.82) is 0 Å². The molecule has 0 aromatic rings. The van der Waals surface area contributed by atoms with Crippen molar-refractivity contribution in [3.05, 3.63) is 105 Å². The normalized spacial score (nSPS) is 7.07. The predicted octanol–water partition coefficient (Wildman–Crippen LogP) is 4.11. The van der Waals surface area contributed by atoms with Crippen LogP contribution < -0.4 is 0 Å². The SMILES string of the molecule is C=C.C=C.C=C.C=C.C=C.C=C.C=C.C=C.CC(O)CO.CC(O)CO.OCCO. The van der Waals surface area contributed by atoms with Crippen LogP contribution in [-0.2, 0) is 0 Å². The Morgan fingerprint density at radius 1 is 0.400 bits per heavy atom. The van der Waals surface area contributed by atoms with Crippen LogP contribution in [0.5, 0.6) is 0 Å². The zero-order chi connectivity index (χ0) is 28.0. The van der Waals surface area contributed by atoms with E-state index < -0.39 is 12.2 Å². The van der Waals surface area contributed by atoms with Crippen LogP contribution in [0.4, 0.5) is 0 Å². The van der Waals surface area contributed by atoms with Crippen molar-refractivity contribution in [3.8, 4) is 0 Å². The second-order valence-corrected chi connectivity index (χ2v) is 2.51. The predicted molar refractivity (Wildman–Crippen MR) is 142 cm³/mol. The summed E-state index contributed by atoms with van der Waals surface area (Å²) in [7, 11) is 0. The van der Waals surface area contributed by atoms with E-state index >= 15 is 0 Å². The van der Waals surface area contributed by atoms with Gasteiger partial charge in [0.25, 0.3) is 0 Å². The minimum absolute atomic E-state index is 0.125. The van der Waals surface area contributed by atoms with E-state index in [-0.39, 0.29) is 26.4 Å². The molecular weight excluding hydrogens is 384 g/mol. The highest BCUT2D eigenvalue weighted by molar-refractivity contribution is 4.34. The topological polar surface area (TPSA) is 121 Å². The Bertz CT molecular complexity index is 134. The van der Waals surface area contributed by atoms with Crippen LogP contribution in [0.25, 0.3) is 0 Å².